The number of likely N-dealkylation sites (tertiary alicyclic amines) is 2. The van der Waals surface area contributed by atoms with Crippen LogP contribution in [0.2, 0.25) is 0 Å². The summed E-state index contributed by atoms with van der Waals surface area (Å²) in [6, 6.07) is 0.169. The van der Waals surface area contributed by atoms with Gasteiger partial charge in [0.2, 0.25) is 11.8 Å². The number of piperidine rings is 1. The fraction of sp³-hybridized carbons (Fsp3) is 0.889. The summed E-state index contributed by atoms with van der Waals surface area (Å²) in [5.41, 5.74) is -0.236. The van der Waals surface area contributed by atoms with Gasteiger partial charge in [0.15, 0.2) is 0 Å². The summed E-state index contributed by atoms with van der Waals surface area (Å²) in [4.78, 5) is 29.3. The summed E-state index contributed by atoms with van der Waals surface area (Å²) in [5.74, 6) is 0.413. The highest BCUT2D eigenvalue weighted by atomic mass is 16.2. The molecule has 5 nitrogen and oxygen atoms in total. The van der Waals surface area contributed by atoms with Gasteiger partial charge < -0.3 is 10.2 Å². The minimum Gasteiger partial charge on any atom is -0.349 e. The zero-order valence-electron chi connectivity index (χ0n) is 14.5. The zero-order valence-corrected chi connectivity index (χ0v) is 14.5. The summed E-state index contributed by atoms with van der Waals surface area (Å²) in [6.45, 7) is 5.64. The van der Waals surface area contributed by atoms with Gasteiger partial charge in [-0.2, -0.15) is 0 Å². The Morgan fingerprint density at radius 3 is 2.61 bits per heavy atom. The summed E-state index contributed by atoms with van der Waals surface area (Å²) in [5, 5.41) is 3.21. The van der Waals surface area contributed by atoms with E-state index in [-0.39, 0.29) is 23.4 Å². The predicted molar refractivity (Wildman–Crippen MR) is 90.0 cm³/mol. The first-order valence-corrected chi connectivity index (χ1v) is 9.41. The first-order valence-electron chi connectivity index (χ1n) is 9.41. The highest BCUT2D eigenvalue weighted by Gasteiger charge is 2.44. The SMILES string of the molecule is C[C@]12CCCN(C(=O)CN3CCCCCC3)[C@H]1CCCC(=O)N2. The van der Waals surface area contributed by atoms with Crippen LogP contribution in [0.3, 0.4) is 0 Å². The number of hydrogen-bond donors (Lipinski definition) is 1. The van der Waals surface area contributed by atoms with Crippen LogP contribution in [0, 0.1) is 0 Å². The molecule has 23 heavy (non-hydrogen) atoms. The van der Waals surface area contributed by atoms with Gasteiger partial charge in [0.25, 0.3) is 0 Å². The number of carbonyl (C=O) groups excluding carboxylic acids is 2. The summed E-state index contributed by atoms with van der Waals surface area (Å²) in [7, 11) is 0. The largest absolute Gasteiger partial charge is 0.349 e. The van der Waals surface area contributed by atoms with E-state index in [4.69, 9.17) is 0 Å². The van der Waals surface area contributed by atoms with Gasteiger partial charge in [-0.15, -0.1) is 0 Å². The second-order valence-corrected chi connectivity index (χ2v) is 7.75. The molecule has 0 aromatic rings. The van der Waals surface area contributed by atoms with Crippen LogP contribution in [0.5, 0.6) is 0 Å². The van der Waals surface area contributed by atoms with Crippen molar-refractivity contribution >= 4 is 11.8 Å². The molecule has 3 saturated heterocycles. The van der Waals surface area contributed by atoms with Gasteiger partial charge >= 0.3 is 0 Å². The van der Waals surface area contributed by atoms with Gasteiger partial charge in [-0.3, -0.25) is 14.5 Å². The van der Waals surface area contributed by atoms with E-state index < -0.39 is 0 Å². The number of hydrogen-bond acceptors (Lipinski definition) is 3. The number of nitrogens with zero attached hydrogens (tertiary/aromatic N) is 2. The van der Waals surface area contributed by atoms with E-state index in [9.17, 15) is 9.59 Å². The molecule has 3 rings (SSSR count). The molecule has 5 heteroatoms. The molecule has 0 aromatic carbocycles. The quantitative estimate of drug-likeness (QED) is 0.845. The molecule has 1 N–H and O–H groups in total. The molecular weight excluding hydrogens is 290 g/mol. The van der Waals surface area contributed by atoms with Crippen LogP contribution >= 0.6 is 0 Å². The van der Waals surface area contributed by atoms with Crippen LogP contribution in [-0.2, 0) is 9.59 Å². The smallest absolute Gasteiger partial charge is 0.237 e. The van der Waals surface area contributed by atoms with Crippen molar-refractivity contribution in [1.29, 1.82) is 0 Å². The lowest BCUT2D eigenvalue weighted by Crippen LogP contribution is -2.64. The number of rotatable bonds is 2. The maximum Gasteiger partial charge on any atom is 0.237 e. The molecule has 0 radical (unpaired) electrons. The van der Waals surface area contributed by atoms with Crippen molar-refractivity contribution in [3.8, 4) is 0 Å². The molecule has 0 spiro atoms. The normalized spacial score (nSPS) is 33.3. The lowest BCUT2D eigenvalue weighted by atomic mass is 9.81. The third-order valence-electron chi connectivity index (χ3n) is 5.89. The number of fused-ring (bicyclic) bond motifs is 1. The van der Waals surface area contributed by atoms with E-state index >= 15 is 0 Å². The fourth-order valence-electron chi connectivity index (χ4n) is 4.62. The third kappa shape index (κ3) is 3.87. The van der Waals surface area contributed by atoms with Gasteiger partial charge in [0, 0.05) is 13.0 Å². The predicted octanol–water partition coefficient (Wildman–Crippen LogP) is 1.91. The molecule has 2 amide bonds. The summed E-state index contributed by atoms with van der Waals surface area (Å²) >= 11 is 0. The standard InChI is InChI=1S/C18H31N3O2/c1-18-10-7-13-21(15(18)8-6-9-16(22)19-18)17(23)14-20-11-4-2-3-5-12-20/h15H,2-14H2,1H3,(H,19,22)/t15-,18-/m0/s1. The highest BCUT2D eigenvalue weighted by molar-refractivity contribution is 5.80. The Bertz CT molecular complexity index is 446. The van der Waals surface area contributed by atoms with Gasteiger partial charge in [-0.1, -0.05) is 12.8 Å². The van der Waals surface area contributed by atoms with E-state index in [0.717, 1.165) is 45.3 Å². The third-order valence-corrected chi connectivity index (χ3v) is 5.89. The highest BCUT2D eigenvalue weighted by Crippen LogP contribution is 2.33. The molecular formula is C18H31N3O2. The van der Waals surface area contributed by atoms with Crippen LogP contribution in [0.4, 0.5) is 0 Å². The van der Waals surface area contributed by atoms with E-state index in [0.29, 0.717) is 13.0 Å². The molecule has 0 unspecified atom stereocenters. The molecule has 0 bridgehead atoms. The minimum atomic E-state index is -0.236. The van der Waals surface area contributed by atoms with Crippen LogP contribution in [-0.4, -0.2) is 59.4 Å². The van der Waals surface area contributed by atoms with Crippen LogP contribution in [0.1, 0.15) is 64.7 Å². The number of nitrogens with one attached hydrogen (secondary N) is 1. The van der Waals surface area contributed by atoms with Crippen molar-refractivity contribution in [2.45, 2.75) is 76.3 Å². The molecule has 3 fully saturated rings. The monoisotopic (exact) mass is 321 g/mol. The Labute approximate surface area is 139 Å². The van der Waals surface area contributed by atoms with Crippen LogP contribution in [0.15, 0.2) is 0 Å². The van der Waals surface area contributed by atoms with Gasteiger partial charge in [0.1, 0.15) is 0 Å². The average molecular weight is 321 g/mol. The average Bonchev–Trinajstić information content (AvgIpc) is 2.84. The first kappa shape index (κ1) is 16.7. The van der Waals surface area contributed by atoms with Gasteiger partial charge in [-0.25, -0.2) is 0 Å². The van der Waals surface area contributed by atoms with E-state index in [1.165, 1.54) is 25.7 Å². The minimum absolute atomic E-state index is 0.150. The van der Waals surface area contributed by atoms with E-state index in [1.807, 2.05) is 0 Å². The maximum absolute atomic E-state index is 12.9. The van der Waals surface area contributed by atoms with Crippen molar-refractivity contribution in [3.63, 3.8) is 0 Å². The molecule has 0 aromatic heterocycles. The molecule has 3 heterocycles. The second kappa shape index (κ2) is 7.20. The Balaban J connectivity index is 1.67. The molecule has 3 aliphatic heterocycles. The zero-order chi connectivity index (χ0) is 16.3. The molecule has 3 aliphatic rings. The lowest BCUT2D eigenvalue weighted by Gasteiger charge is -2.48. The van der Waals surface area contributed by atoms with E-state index in [1.54, 1.807) is 0 Å². The molecule has 2 atom stereocenters. The second-order valence-electron chi connectivity index (χ2n) is 7.75. The van der Waals surface area contributed by atoms with Gasteiger partial charge in [-0.05, 0) is 58.5 Å². The number of carbonyl (C=O) groups is 2. The lowest BCUT2D eigenvalue weighted by molar-refractivity contribution is -0.140. The fourth-order valence-corrected chi connectivity index (χ4v) is 4.62. The van der Waals surface area contributed by atoms with E-state index in [2.05, 4.69) is 22.0 Å². The Morgan fingerprint density at radius 2 is 1.87 bits per heavy atom. The van der Waals surface area contributed by atoms with Crippen molar-refractivity contribution in [1.82, 2.24) is 15.1 Å². The van der Waals surface area contributed by atoms with Gasteiger partial charge in [0.05, 0.1) is 18.1 Å². The van der Waals surface area contributed by atoms with Crippen molar-refractivity contribution < 1.29 is 9.59 Å². The maximum atomic E-state index is 12.9. The molecule has 0 aliphatic carbocycles. The molecule has 130 valence electrons. The Hall–Kier alpha value is -1.10. The van der Waals surface area contributed by atoms with Crippen molar-refractivity contribution in [2.75, 3.05) is 26.2 Å². The summed E-state index contributed by atoms with van der Waals surface area (Å²) < 4.78 is 0. The first-order chi connectivity index (χ1) is 11.1. The topological polar surface area (TPSA) is 52.7 Å². The Morgan fingerprint density at radius 1 is 1.13 bits per heavy atom. The summed E-state index contributed by atoms with van der Waals surface area (Å²) in [6.07, 6.45) is 9.41. The molecule has 0 saturated carbocycles. The van der Waals surface area contributed by atoms with Crippen LogP contribution in [0.25, 0.3) is 0 Å². The van der Waals surface area contributed by atoms with Crippen LogP contribution < -0.4 is 5.32 Å². The van der Waals surface area contributed by atoms with Crippen molar-refractivity contribution in [3.05, 3.63) is 0 Å². The van der Waals surface area contributed by atoms with Crippen molar-refractivity contribution in [2.24, 2.45) is 0 Å². The number of amides is 2. The Kier molecular flexibility index (Phi) is 5.24.